The topological polar surface area (TPSA) is 12.5 Å². The van der Waals surface area contributed by atoms with Crippen molar-refractivity contribution in [3.8, 4) is 32.4 Å². The summed E-state index contributed by atoms with van der Waals surface area (Å²) in [6, 6.07) is 27.0. The second-order valence-electron chi connectivity index (χ2n) is 13.1. The van der Waals surface area contributed by atoms with Gasteiger partial charge < -0.3 is 9.64 Å². The van der Waals surface area contributed by atoms with Gasteiger partial charge in [-0.05, 0) is 78.7 Å². The fourth-order valence-corrected chi connectivity index (χ4v) is 10.3. The molecule has 9 rings (SSSR count). The van der Waals surface area contributed by atoms with Crippen LogP contribution in [0, 0.1) is 0 Å². The molecule has 0 saturated carbocycles. The van der Waals surface area contributed by atoms with Crippen LogP contribution in [0.1, 0.15) is 51.3 Å². The molecule has 4 heterocycles. The third-order valence-electron chi connectivity index (χ3n) is 10.3. The van der Waals surface area contributed by atoms with E-state index in [-0.39, 0.29) is 11.0 Å². The lowest BCUT2D eigenvalue weighted by Gasteiger charge is -2.43. The number of thiophene rings is 2. The molecule has 0 unspecified atom stereocenters. The molecule has 0 radical (unpaired) electrons. The van der Waals surface area contributed by atoms with Crippen molar-refractivity contribution in [1.29, 1.82) is 0 Å². The number of benzene rings is 4. The van der Waals surface area contributed by atoms with Crippen molar-refractivity contribution in [3.05, 3.63) is 99.9 Å². The second kappa shape index (κ2) is 7.94. The lowest BCUT2D eigenvalue weighted by molar-refractivity contribution is 0.470. The highest BCUT2D eigenvalue weighted by molar-refractivity contribution is 7.23. The van der Waals surface area contributed by atoms with Crippen molar-refractivity contribution in [2.24, 2.45) is 0 Å². The lowest BCUT2D eigenvalue weighted by Crippen LogP contribution is -2.41. The Balaban J connectivity index is 1.29. The predicted molar refractivity (Wildman–Crippen MR) is 181 cm³/mol. The van der Waals surface area contributed by atoms with Gasteiger partial charge in [-0.25, -0.2) is 0 Å². The van der Waals surface area contributed by atoms with Gasteiger partial charge in [0.25, 0.3) is 0 Å². The number of ether oxygens (including phenoxy) is 1. The van der Waals surface area contributed by atoms with E-state index in [0.717, 1.165) is 22.3 Å². The molecule has 4 aromatic carbocycles. The molecule has 0 saturated heterocycles. The van der Waals surface area contributed by atoms with E-state index in [0.29, 0.717) is 0 Å². The molecule has 4 heteroatoms. The zero-order valence-electron chi connectivity index (χ0n) is 24.7. The minimum absolute atomic E-state index is 0.0538. The molecular formula is C38H31NOS2. The number of rotatable bonds is 0. The summed E-state index contributed by atoms with van der Waals surface area (Å²) < 4.78 is 9.48. The van der Waals surface area contributed by atoms with Gasteiger partial charge in [-0.2, -0.15) is 0 Å². The van der Waals surface area contributed by atoms with Crippen molar-refractivity contribution in [2.75, 3.05) is 11.9 Å². The van der Waals surface area contributed by atoms with Gasteiger partial charge in [0.05, 0.1) is 5.54 Å². The molecule has 3 aliphatic rings. The quantitative estimate of drug-likeness (QED) is 0.177. The molecule has 0 amide bonds. The van der Waals surface area contributed by atoms with E-state index in [1.807, 2.05) is 22.7 Å². The maximum Gasteiger partial charge on any atom is 0.136 e. The molecule has 1 aliphatic carbocycles. The summed E-state index contributed by atoms with van der Waals surface area (Å²) in [5.41, 5.74) is 9.10. The van der Waals surface area contributed by atoms with Crippen molar-refractivity contribution in [2.45, 2.75) is 45.6 Å². The first-order valence-electron chi connectivity index (χ1n) is 14.7. The first-order chi connectivity index (χ1) is 20.1. The van der Waals surface area contributed by atoms with Gasteiger partial charge in [0.2, 0.25) is 0 Å². The van der Waals surface area contributed by atoms with Gasteiger partial charge in [0.15, 0.2) is 0 Å². The van der Waals surface area contributed by atoms with Crippen molar-refractivity contribution >= 4 is 60.2 Å². The molecular weight excluding hydrogens is 551 g/mol. The fourth-order valence-electron chi connectivity index (χ4n) is 7.52. The monoisotopic (exact) mass is 581 g/mol. The van der Waals surface area contributed by atoms with E-state index in [9.17, 15) is 0 Å². The number of nitrogens with zero attached hydrogens (tertiary/aromatic N) is 1. The summed E-state index contributed by atoms with van der Waals surface area (Å²) >= 11 is 3.84. The van der Waals surface area contributed by atoms with E-state index in [4.69, 9.17) is 4.74 Å². The maximum atomic E-state index is 6.77. The molecule has 0 atom stereocenters. The Kier molecular flexibility index (Phi) is 4.67. The Morgan fingerprint density at radius 2 is 1.36 bits per heavy atom. The number of hydrogen-bond acceptors (Lipinski definition) is 4. The summed E-state index contributed by atoms with van der Waals surface area (Å²) in [6.45, 7) is 11.7. The van der Waals surface area contributed by atoms with Crippen molar-refractivity contribution in [1.82, 2.24) is 0 Å². The Morgan fingerprint density at radius 1 is 0.714 bits per heavy atom. The van der Waals surface area contributed by atoms with Gasteiger partial charge in [0.1, 0.15) is 11.5 Å². The summed E-state index contributed by atoms with van der Waals surface area (Å²) in [5, 5.41) is 5.20. The van der Waals surface area contributed by atoms with E-state index >= 15 is 0 Å². The maximum absolute atomic E-state index is 6.77. The highest BCUT2D eigenvalue weighted by atomic mass is 32.1. The zero-order valence-corrected chi connectivity index (χ0v) is 26.3. The molecule has 0 bridgehead atoms. The summed E-state index contributed by atoms with van der Waals surface area (Å²) in [7, 11) is 2.22. The minimum Gasteiger partial charge on any atom is -0.456 e. The highest BCUT2D eigenvalue weighted by Gasteiger charge is 2.39. The highest BCUT2D eigenvalue weighted by Crippen LogP contribution is 2.55. The van der Waals surface area contributed by atoms with Crippen LogP contribution in [0.25, 0.3) is 52.7 Å². The predicted octanol–water partition coefficient (Wildman–Crippen LogP) is 9.53. The van der Waals surface area contributed by atoms with E-state index in [1.165, 1.54) is 68.7 Å². The first-order valence-corrected chi connectivity index (χ1v) is 16.3. The largest absolute Gasteiger partial charge is 0.456 e. The van der Waals surface area contributed by atoms with Crippen LogP contribution in [-0.2, 0) is 11.0 Å². The van der Waals surface area contributed by atoms with E-state index in [1.54, 1.807) is 0 Å². The summed E-state index contributed by atoms with van der Waals surface area (Å²) in [6.07, 6.45) is 2.34. The average molecular weight is 582 g/mol. The van der Waals surface area contributed by atoms with E-state index in [2.05, 4.69) is 125 Å². The Morgan fingerprint density at radius 3 is 2.07 bits per heavy atom. The SMILES string of the molecule is CC1=c2cc3c(cc2-c2sc4ccccc4c2C1(C)C)=Cc1cc2c(cc1O3)N(C)C(C)(C)c1c-2sc2ccccc12. The fraction of sp³-hybridized carbons (Fsp3) is 0.211. The molecule has 2 aromatic heterocycles. The Labute approximate surface area is 253 Å². The van der Waals surface area contributed by atoms with Gasteiger partial charge in [-0.1, -0.05) is 55.8 Å². The molecule has 0 fully saturated rings. The number of fused-ring (bicyclic) bond motifs is 12. The van der Waals surface area contributed by atoms with Gasteiger partial charge in [0, 0.05) is 70.8 Å². The molecule has 42 heavy (non-hydrogen) atoms. The Bertz CT molecular complexity index is 2310. The molecule has 6 aromatic rings. The number of hydrogen-bond donors (Lipinski definition) is 0. The standard InChI is InChI=1S/C38H31NOS2/c1-20-25-18-29-21(16-26(25)35-33(37(20,2)3)23-11-7-9-13-31(23)41-35)15-22-17-27-28(19-30(22)40-29)39(6)38(4,5)34-24-12-8-10-14-32(24)42-36(27)34/h7-19H,1-6H3. The molecule has 0 spiro atoms. The van der Waals surface area contributed by atoms with Crippen LogP contribution in [0.15, 0.2) is 72.8 Å². The van der Waals surface area contributed by atoms with Crippen LogP contribution in [0.3, 0.4) is 0 Å². The average Bonchev–Trinajstić information content (AvgIpc) is 3.57. The van der Waals surface area contributed by atoms with Crippen molar-refractivity contribution in [3.63, 3.8) is 0 Å². The second-order valence-corrected chi connectivity index (χ2v) is 15.2. The third kappa shape index (κ3) is 2.99. The van der Waals surface area contributed by atoms with E-state index < -0.39 is 0 Å². The molecule has 2 nitrogen and oxygen atoms in total. The van der Waals surface area contributed by atoms with Crippen LogP contribution in [-0.4, -0.2) is 7.05 Å². The molecule has 0 N–H and O–H groups in total. The van der Waals surface area contributed by atoms with Crippen LogP contribution < -0.4 is 20.1 Å². The third-order valence-corrected chi connectivity index (χ3v) is 12.7. The minimum atomic E-state index is -0.134. The molecule has 206 valence electrons. The summed E-state index contributed by atoms with van der Waals surface area (Å²) in [4.78, 5) is 5.20. The normalized spacial score (nSPS) is 17.0. The zero-order chi connectivity index (χ0) is 28.7. The lowest BCUT2D eigenvalue weighted by atomic mass is 9.72. The van der Waals surface area contributed by atoms with Crippen molar-refractivity contribution < 1.29 is 4.74 Å². The van der Waals surface area contributed by atoms with Crippen LogP contribution in [0.5, 0.6) is 11.5 Å². The Hall–Kier alpha value is -3.86. The van der Waals surface area contributed by atoms with Crippen LogP contribution in [0.4, 0.5) is 5.69 Å². The van der Waals surface area contributed by atoms with Crippen LogP contribution >= 0.6 is 22.7 Å². The smallest absolute Gasteiger partial charge is 0.136 e. The van der Waals surface area contributed by atoms with Gasteiger partial charge in [-0.15, -0.1) is 22.7 Å². The first kappa shape index (κ1) is 24.7. The molecule has 2 aliphatic heterocycles. The number of anilines is 1. The van der Waals surface area contributed by atoms with Gasteiger partial charge in [-0.3, -0.25) is 0 Å². The van der Waals surface area contributed by atoms with Gasteiger partial charge >= 0.3 is 0 Å². The van der Waals surface area contributed by atoms with Crippen LogP contribution in [0.2, 0.25) is 0 Å². The summed E-state index contributed by atoms with van der Waals surface area (Å²) in [5.74, 6) is 1.88.